The van der Waals surface area contributed by atoms with Gasteiger partial charge in [0.1, 0.15) is 0 Å². The van der Waals surface area contributed by atoms with E-state index in [4.69, 9.17) is 0 Å². The van der Waals surface area contributed by atoms with Crippen LogP contribution in [-0.4, -0.2) is 10.9 Å². The highest BCUT2D eigenvalue weighted by Crippen LogP contribution is 1.98. The van der Waals surface area contributed by atoms with E-state index in [9.17, 15) is 4.79 Å². The lowest BCUT2D eigenvalue weighted by atomic mass is 10.2. The molecule has 0 aliphatic rings. The summed E-state index contributed by atoms with van der Waals surface area (Å²) in [5, 5.41) is 2.82. The molecule has 0 saturated heterocycles. The van der Waals surface area contributed by atoms with E-state index in [1.165, 1.54) is 6.08 Å². The summed E-state index contributed by atoms with van der Waals surface area (Å²) in [4.78, 5) is 15.7. The molecule has 1 heterocycles. The Morgan fingerprint density at radius 2 is 1.89 bits per heavy atom. The molecule has 0 unspecified atom stereocenters. The van der Waals surface area contributed by atoms with Crippen molar-refractivity contribution in [1.82, 2.24) is 10.3 Å². The number of rotatable bonds is 4. The molecule has 1 aromatic carbocycles. The summed E-state index contributed by atoms with van der Waals surface area (Å²) in [5.74, 6) is -0.121. The molecule has 0 spiro atoms. The zero-order valence-electron chi connectivity index (χ0n) is 9.91. The predicted molar refractivity (Wildman–Crippen MR) is 71.6 cm³/mol. The maximum absolute atomic E-state index is 11.6. The fourth-order valence-electron chi connectivity index (χ4n) is 1.48. The first kappa shape index (κ1) is 12.0. The van der Waals surface area contributed by atoms with Gasteiger partial charge < -0.3 is 5.32 Å². The number of amides is 1. The molecule has 3 heteroatoms. The van der Waals surface area contributed by atoms with Crippen molar-refractivity contribution in [3.8, 4) is 0 Å². The largest absolute Gasteiger partial charge is 0.348 e. The third-order valence-electron chi connectivity index (χ3n) is 2.40. The van der Waals surface area contributed by atoms with Crippen molar-refractivity contribution in [2.75, 3.05) is 0 Å². The molecule has 18 heavy (non-hydrogen) atoms. The van der Waals surface area contributed by atoms with Gasteiger partial charge in [0.15, 0.2) is 0 Å². The molecule has 0 aliphatic carbocycles. The molecule has 0 atom stereocenters. The van der Waals surface area contributed by atoms with E-state index >= 15 is 0 Å². The summed E-state index contributed by atoms with van der Waals surface area (Å²) in [6.07, 6.45) is 4.88. The highest BCUT2D eigenvalue weighted by Gasteiger charge is 1.96. The Kier molecular flexibility index (Phi) is 4.25. The number of carbonyl (C=O) groups is 1. The van der Waals surface area contributed by atoms with Crippen LogP contribution in [0.3, 0.4) is 0 Å². The zero-order valence-corrected chi connectivity index (χ0v) is 9.91. The molecule has 1 aromatic heterocycles. The van der Waals surface area contributed by atoms with E-state index in [0.717, 1.165) is 11.3 Å². The number of hydrogen-bond donors (Lipinski definition) is 1. The number of aromatic nitrogens is 1. The Morgan fingerprint density at radius 1 is 1.11 bits per heavy atom. The first-order valence-corrected chi connectivity index (χ1v) is 5.75. The summed E-state index contributed by atoms with van der Waals surface area (Å²) in [5.41, 5.74) is 1.85. The van der Waals surface area contributed by atoms with Gasteiger partial charge in [0.25, 0.3) is 0 Å². The molecule has 1 N–H and O–H groups in total. The fraction of sp³-hybridized carbons (Fsp3) is 0.0667. The van der Waals surface area contributed by atoms with Crippen LogP contribution in [-0.2, 0) is 11.3 Å². The second-order valence-corrected chi connectivity index (χ2v) is 3.79. The van der Waals surface area contributed by atoms with Gasteiger partial charge in [-0.15, -0.1) is 0 Å². The van der Waals surface area contributed by atoms with Crippen molar-refractivity contribution >= 4 is 12.0 Å². The molecular formula is C15H14N2O. The third-order valence-corrected chi connectivity index (χ3v) is 2.40. The van der Waals surface area contributed by atoms with Gasteiger partial charge in [0.05, 0.1) is 5.69 Å². The minimum absolute atomic E-state index is 0.121. The standard InChI is InChI=1S/C15H14N2O/c18-15(10-9-14-8-4-5-11-16-14)17-12-13-6-2-1-3-7-13/h1-11H,12H2,(H,17,18)/b10-9+. The highest BCUT2D eigenvalue weighted by molar-refractivity contribution is 5.91. The minimum Gasteiger partial charge on any atom is -0.348 e. The zero-order chi connectivity index (χ0) is 12.6. The molecule has 0 saturated carbocycles. The Hall–Kier alpha value is -2.42. The van der Waals surface area contributed by atoms with Crippen molar-refractivity contribution in [3.63, 3.8) is 0 Å². The maximum atomic E-state index is 11.6. The molecule has 1 amide bonds. The van der Waals surface area contributed by atoms with Gasteiger partial charge in [0, 0.05) is 18.8 Å². The fourth-order valence-corrected chi connectivity index (χ4v) is 1.48. The number of benzene rings is 1. The second-order valence-electron chi connectivity index (χ2n) is 3.79. The molecule has 0 aliphatic heterocycles. The number of nitrogens with one attached hydrogen (secondary N) is 1. The highest BCUT2D eigenvalue weighted by atomic mass is 16.1. The number of pyridine rings is 1. The Morgan fingerprint density at radius 3 is 2.61 bits per heavy atom. The molecule has 2 aromatic rings. The third kappa shape index (κ3) is 3.87. The van der Waals surface area contributed by atoms with Crippen molar-refractivity contribution in [2.45, 2.75) is 6.54 Å². The molecule has 0 fully saturated rings. The van der Waals surface area contributed by atoms with Crippen molar-refractivity contribution in [1.29, 1.82) is 0 Å². The predicted octanol–water partition coefficient (Wildman–Crippen LogP) is 2.41. The van der Waals surface area contributed by atoms with E-state index < -0.39 is 0 Å². The van der Waals surface area contributed by atoms with E-state index in [2.05, 4.69) is 10.3 Å². The van der Waals surface area contributed by atoms with Gasteiger partial charge in [-0.05, 0) is 23.8 Å². The molecule has 0 radical (unpaired) electrons. The molecular weight excluding hydrogens is 224 g/mol. The Balaban J connectivity index is 1.84. The van der Waals surface area contributed by atoms with Crippen LogP contribution in [0.4, 0.5) is 0 Å². The Bertz CT molecular complexity index is 521. The van der Waals surface area contributed by atoms with Crippen LogP contribution in [0.2, 0.25) is 0 Å². The first-order chi connectivity index (χ1) is 8.84. The number of nitrogens with zero attached hydrogens (tertiary/aromatic N) is 1. The SMILES string of the molecule is O=C(/C=C/c1ccccn1)NCc1ccccc1. The topological polar surface area (TPSA) is 42.0 Å². The van der Waals surface area contributed by atoms with Crippen LogP contribution >= 0.6 is 0 Å². The lowest BCUT2D eigenvalue weighted by molar-refractivity contribution is -0.116. The van der Waals surface area contributed by atoms with Gasteiger partial charge in [-0.3, -0.25) is 9.78 Å². The molecule has 3 nitrogen and oxygen atoms in total. The van der Waals surface area contributed by atoms with Crippen LogP contribution in [0, 0.1) is 0 Å². The monoisotopic (exact) mass is 238 g/mol. The van der Waals surface area contributed by atoms with E-state index in [-0.39, 0.29) is 5.91 Å². The van der Waals surface area contributed by atoms with Crippen LogP contribution in [0.25, 0.3) is 6.08 Å². The molecule has 2 rings (SSSR count). The smallest absolute Gasteiger partial charge is 0.244 e. The number of hydrogen-bond acceptors (Lipinski definition) is 2. The lowest BCUT2D eigenvalue weighted by Gasteiger charge is -2.01. The van der Waals surface area contributed by atoms with E-state index in [1.807, 2.05) is 48.5 Å². The Labute approximate surface area is 106 Å². The van der Waals surface area contributed by atoms with Gasteiger partial charge in [-0.2, -0.15) is 0 Å². The lowest BCUT2D eigenvalue weighted by Crippen LogP contribution is -2.20. The minimum atomic E-state index is -0.121. The van der Waals surface area contributed by atoms with E-state index in [0.29, 0.717) is 6.54 Å². The van der Waals surface area contributed by atoms with Gasteiger partial charge in [-0.25, -0.2) is 0 Å². The van der Waals surface area contributed by atoms with Gasteiger partial charge in [0.2, 0.25) is 5.91 Å². The quantitative estimate of drug-likeness (QED) is 0.831. The van der Waals surface area contributed by atoms with Gasteiger partial charge >= 0.3 is 0 Å². The molecule has 90 valence electrons. The van der Waals surface area contributed by atoms with Crippen LogP contribution in [0.5, 0.6) is 0 Å². The van der Waals surface area contributed by atoms with E-state index in [1.54, 1.807) is 12.3 Å². The normalized spacial score (nSPS) is 10.4. The van der Waals surface area contributed by atoms with Crippen molar-refractivity contribution in [3.05, 3.63) is 72.1 Å². The van der Waals surface area contributed by atoms with Crippen molar-refractivity contribution < 1.29 is 4.79 Å². The average Bonchev–Trinajstić information content (AvgIpc) is 2.45. The van der Waals surface area contributed by atoms with Crippen LogP contribution in [0.15, 0.2) is 60.8 Å². The van der Waals surface area contributed by atoms with Crippen LogP contribution < -0.4 is 5.32 Å². The second kappa shape index (κ2) is 6.35. The summed E-state index contributed by atoms with van der Waals surface area (Å²) in [6, 6.07) is 15.4. The first-order valence-electron chi connectivity index (χ1n) is 5.75. The summed E-state index contributed by atoms with van der Waals surface area (Å²) >= 11 is 0. The molecule has 0 bridgehead atoms. The average molecular weight is 238 g/mol. The van der Waals surface area contributed by atoms with Crippen LogP contribution in [0.1, 0.15) is 11.3 Å². The summed E-state index contributed by atoms with van der Waals surface area (Å²) in [6.45, 7) is 0.534. The number of carbonyl (C=O) groups excluding carboxylic acids is 1. The maximum Gasteiger partial charge on any atom is 0.244 e. The van der Waals surface area contributed by atoms with Gasteiger partial charge in [-0.1, -0.05) is 36.4 Å². The summed E-state index contributed by atoms with van der Waals surface area (Å²) < 4.78 is 0. The summed E-state index contributed by atoms with van der Waals surface area (Å²) in [7, 11) is 0. The van der Waals surface area contributed by atoms with Crippen molar-refractivity contribution in [2.24, 2.45) is 0 Å².